The maximum absolute atomic E-state index is 12.4. The van der Waals surface area contributed by atoms with Crippen molar-refractivity contribution in [1.82, 2.24) is 9.71 Å². The number of hydrogen-bond donors (Lipinski definition) is 3. The summed E-state index contributed by atoms with van der Waals surface area (Å²) in [5.74, 6) is 1.25. The molecule has 1 unspecified atom stereocenters. The summed E-state index contributed by atoms with van der Waals surface area (Å²) in [6, 6.07) is 7.16. The molecule has 9 heteroatoms. The summed E-state index contributed by atoms with van der Waals surface area (Å²) >= 11 is 0.940. The van der Waals surface area contributed by atoms with Crippen molar-refractivity contribution in [1.29, 1.82) is 0 Å². The summed E-state index contributed by atoms with van der Waals surface area (Å²) in [5, 5.41) is 9.51. The molecule has 0 aliphatic heterocycles. The fourth-order valence-electron chi connectivity index (χ4n) is 2.79. The van der Waals surface area contributed by atoms with Gasteiger partial charge in [-0.1, -0.05) is 35.6 Å². The summed E-state index contributed by atoms with van der Waals surface area (Å²) in [4.78, 5) is 13.6. The number of allylic oxidation sites excluding steroid dienone is 2. The zero-order valence-electron chi connectivity index (χ0n) is 16.3. The molecule has 3 N–H and O–H groups in total. The molecule has 0 amide bonds. The molecule has 3 rings (SSSR count). The first-order valence-electron chi connectivity index (χ1n) is 9.61. The van der Waals surface area contributed by atoms with E-state index in [4.69, 9.17) is 4.74 Å². The average molecular weight is 439 g/mol. The second-order valence-electron chi connectivity index (χ2n) is 7.24. The smallest absolute Gasteiger partial charge is 0.307 e. The van der Waals surface area contributed by atoms with Gasteiger partial charge in [0.25, 0.3) is 0 Å². The highest BCUT2D eigenvalue weighted by atomic mass is 32.2. The Kier molecular flexibility index (Phi) is 7.15. The van der Waals surface area contributed by atoms with Crippen LogP contribution in [-0.4, -0.2) is 30.9 Å². The highest BCUT2D eigenvalue weighted by Crippen LogP contribution is 2.30. The Morgan fingerprint density at radius 3 is 2.86 bits per heavy atom. The van der Waals surface area contributed by atoms with E-state index in [1.165, 1.54) is 12.8 Å². The van der Waals surface area contributed by atoms with Crippen LogP contribution in [0.1, 0.15) is 42.7 Å². The third-order valence-corrected chi connectivity index (χ3v) is 7.00. The Morgan fingerprint density at radius 1 is 1.38 bits per heavy atom. The monoisotopic (exact) mass is 438 g/mol. The normalized spacial score (nSPS) is 15.6. The Balaban J connectivity index is 1.46. The molecule has 0 saturated heterocycles. The minimum absolute atomic E-state index is 0.0406. The molecule has 1 fully saturated rings. The molecule has 1 atom stereocenters. The second kappa shape index (κ2) is 9.60. The summed E-state index contributed by atoms with van der Waals surface area (Å²) in [7, 11) is -3.45. The summed E-state index contributed by atoms with van der Waals surface area (Å²) in [5.41, 5.74) is 0.857. The minimum atomic E-state index is -3.45. The molecule has 0 bridgehead atoms. The molecule has 1 aliphatic rings. The van der Waals surface area contributed by atoms with Crippen LogP contribution in [0.15, 0.2) is 41.2 Å². The first-order chi connectivity index (χ1) is 13.8. The van der Waals surface area contributed by atoms with Gasteiger partial charge < -0.3 is 9.84 Å². The van der Waals surface area contributed by atoms with Crippen molar-refractivity contribution in [3.63, 3.8) is 0 Å². The van der Waals surface area contributed by atoms with Crippen molar-refractivity contribution in [2.24, 2.45) is 5.92 Å². The number of ether oxygens (including phenoxy) is 1. The van der Waals surface area contributed by atoms with Crippen LogP contribution < -0.4 is 14.3 Å². The minimum Gasteiger partial charge on any atom is -0.494 e. The van der Waals surface area contributed by atoms with Crippen LogP contribution in [0, 0.1) is 5.92 Å². The van der Waals surface area contributed by atoms with E-state index in [1.807, 2.05) is 31.2 Å². The fraction of sp³-hybridized carbons (Fsp3) is 0.450. The van der Waals surface area contributed by atoms with Gasteiger partial charge in [-0.25, -0.2) is 13.1 Å². The Labute approximate surface area is 174 Å². The van der Waals surface area contributed by atoms with Gasteiger partial charge in [-0.3, -0.25) is 9.78 Å². The van der Waals surface area contributed by atoms with E-state index in [0.29, 0.717) is 30.2 Å². The molecule has 158 valence electrons. The Bertz CT molecular complexity index is 1010. The van der Waals surface area contributed by atoms with Crippen LogP contribution >= 0.6 is 11.3 Å². The molecule has 1 saturated carbocycles. The van der Waals surface area contributed by atoms with E-state index in [0.717, 1.165) is 22.6 Å². The predicted molar refractivity (Wildman–Crippen MR) is 114 cm³/mol. The molecular formula is C20H26N2O5S2. The van der Waals surface area contributed by atoms with Gasteiger partial charge in [-0.2, -0.15) is 0 Å². The number of hydrogen-bond acceptors (Lipinski definition) is 6. The van der Waals surface area contributed by atoms with E-state index < -0.39 is 10.0 Å². The predicted octanol–water partition coefficient (Wildman–Crippen LogP) is 3.10. The van der Waals surface area contributed by atoms with Crippen molar-refractivity contribution in [3.8, 4) is 11.6 Å². The molecule has 1 aliphatic carbocycles. The van der Waals surface area contributed by atoms with Crippen LogP contribution in [-0.2, 0) is 16.4 Å². The van der Waals surface area contributed by atoms with Crippen LogP contribution in [0.25, 0.3) is 0 Å². The number of aromatic amines is 1. The van der Waals surface area contributed by atoms with Crippen molar-refractivity contribution in [3.05, 3.63) is 56.5 Å². The SMILES string of the molecule is CC(NS(=O)(=O)CCC=CCc1sc(=O)[nH]c1O)c1cccc(OCC2CC2)c1. The van der Waals surface area contributed by atoms with Gasteiger partial charge in [0, 0.05) is 12.5 Å². The van der Waals surface area contributed by atoms with Crippen LogP contribution in [0.5, 0.6) is 11.6 Å². The van der Waals surface area contributed by atoms with Crippen LogP contribution in [0.4, 0.5) is 0 Å². The van der Waals surface area contributed by atoms with Gasteiger partial charge in [-0.15, -0.1) is 0 Å². The molecule has 7 nitrogen and oxygen atoms in total. The standard InChI is InChI=1S/C20H26N2O5S2/c1-14(16-6-5-7-17(12-16)27-13-15-9-10-15)22-29(25,26)11-4-2-3-8-18-19(23)21-20(24)28-18/h2-3,5-7,12,14-15,22-23H,4,8-11,13H2,1H3,(H,21,24). The summed E-state index contributed by atoms with van der Waals surface area (Å²) in [6.07, 6.45) is 6.64. The second-order valence-corrected chi connectivity index (χ2v) is 10.2. The van der Waals surface area contributed by atoms with Crippen LogP contribution in [0.2, 0.25) is 0 Å². The molecular weight excluding hydrogens is 412 g/mol. The first-order valence-corrected chi connectivity index (χ1v) is 12.1. The molecule has 1 aromatic heterocycles. The lowest BCUT2D eigenvalue weighted by molar-refractivity contribution is 0.299. The molecule has 1 aromatic carbocycles. The molecule has 0 radical (unpaired) electrons. The third-order valence-electron chi connectivity index (χ3n) is 4.62. The van der Waals surface area contributed by atoms with Gasteiger partial charge in [-0.05, 0) is 49.8 Å². The maximum Gasteiger partial charge on any atom is 0.307 e. The van der Waals surface area contributed by atoms with Gasteiger partial charge >= 0.3 is 4.87 Å². The van der Waals surface area contributed by atoms with Crippen molar-refractivity contribution >= 4 is 21.4 Å². The van der Waals surface area contributed by atoms with E-state index in [-0.39, 0.29) is 22.5 Å². The molecule has 0 spiro atoms. The van der Waals surface area contributed by atoms with E-state index in [2.05, 4.69) is 9.71 Å². The van der Waals surface area contributed by atoms with E-state index in [1.54, 1.807) is 12.2 Å². The van der Waals surface area contributed by atoms with Gasteiger partial charge in [0.05, 0.1) is 17.2 Å². The van der Waals surface area contributed by atoms with E-state index in [9.17, 15) is 18.3 Å². The molecule has 29 heavy (non-hydrogen) atoms. The number of nitrogens with one attached hydrogen (secondary N) is 2. The number of aromatic nitrogens is 1. The Hall–Kier alpha value is -2.10. The Morgan fingerprint density at radius 2 is 2.17 bits per heavy atom. The molecule has 1 heterocycles. The molecule has 2 aromatic rings. The number of aromatic hydroxyl groups is 1. The zero-order chi connectivity index (χ0) is 20.9. The number of rotatable bonds is 11. The quantitative estimate of drug-likeness (QED) is 0.467. The largest absolute Gasteiger partial charge is 0.494 e. The topological polar surface area (TPSA) is 108 Å². The van der Waals surface area contributed by atoms with Gasteiger partial charge in [0.2, 0.25) is 15.9 Å². The van der Waals surface area contributed by atoms with Gasteiger partial charge in [0.15, 0.2) is 0 Å². The average Bonchev–Trinajstić information content (AvgIpc) is 3.44. The van der Waals surface area contributed by atoms with Gasteiger partial charge in [0.1, 0.15) is 5.75 Å². The summed E-state index contributed by atoms with van der Waals surface area (Å²) in [6.45, 7) is 2.53. The lowest BCUT2D eigenvalue weighted by Crippen LogP contribution is -2.29. The van der Waals surface area contributed by atoms with Crippen molar-refractivity contribution < 1.29 is 18.3 Å². The highest BCUT2D eigenvalue weighted by molar-refractivity contribution is 7.89. The zero-order valence-corrected chi connectivity index (χ0v) is 17.9. The number of benzene rings is 1. The highest BCUT2D eigenvalue weighted by Gasteiger charge is 2.22. The third kappa shape index (κ3) is 7.02. The van der Waals surface area contributed by atoms with Crippen LogP contribution in [0.3, 0.4) is 0 Å². The van der Waals surface area contributed by atoms with E-state index >= 15 is 0 Å². The van der Waals surface area contributed by atoms with Crippen molar-refractivity contribution in [2.75, 3.05) is 12.4 Å². The maximum atomic E-state index is 12.4. The fourth-order valence-corrected chi connectivity index (χ4v) is 4.73. The summed E-state index contributed by atoms with van der Waals surface area (Å²) < 4.78 is 33.2. The lowest BCUT2D eigenvalue weighted by Gasteiger charge is -2.15. The number of thiazole rings is 1. The number of H-pyrrole nitrogens is 1. The number of sulfonamides is 1. The lowest BCUT2D eigenvalue weighted by atomic mass is 10.1. The van der Waals surface area contributed by atoms with Crippen molar-refractivity contribution in [2.45, 2.75) is 38.6 Å². The first kappa shape index (κ1) is 21.6.